The number of nitrogens with one attached hydrogen (secondary N) is 1. The highest BCUT2D eigenvalue weighted by molar-refractivity contribution is 7.98. The van der Waals surface area contributed by atoms with Crippen LogP contribution in [0.1, 0.15) is 18.4 Å². The van der Waals surface area contributed by atoms with Crippen molar-refractivity contribution in [2.24, 2.45) is 0 Å². The molecule has 5 heteroatoms. The maximum Gasteiger partial charge on any atom is 0.127 e. The first-order chi connectivity index (χ1) is 14.6. The van der Waals surface area contributed by atoms with Gasteiger partial charge < -0.3 is 15.3 Å². The number of phenols is 1. The van der Waals surface area contributed by atoms with Crippen LogP contribution in [-0.2, 0) is 0 Å². The van der Waals surface area contributed by atoms with Crippen LogP contribution in [0.4, 0.5) is 5.82 Å². The summed E-state index contributed by atoms with van der Waals surface area (Å²) in [4.78, 5) is 8.57. The van der Waals surface area contributed by atoms with Gasteiger partial charge in [0.05, 0.1) is 5.69 Å². The van der Waals surface area contributed by atoms with Crippen LogP contribution in [0.5, 0.6) is 5.75 Å². The molecular weight excluding hydrogens is 390 g/mol. The van der Waals surface area contributed by atoms with E-state index in [-0.39, 0.29) is 5.75 Å². The molecule has 1 saturated heterocycles. The van der Waals surface area contributed by atoms with Crippen molar-refractivity contribution in [3.8, 4) is 28.1 Å². The summed E-state index contributed by atoms with van der Waals surface area (Å²) in [5.41, 5.74) is 4.89. The minimum Gasteiger partial charge on any atom is -0.507 e. The lowest BCUT2D eigenvalue weighted by molar-refractivity contribution is 0.352. The van der Waals surface area contributed by atoms with Crippen LogP contribution < -0.4 is 5.32 Å². The predicted octanol–water partition coefficient (Wildman–Crippen LogP) is 5.66. The maximum atomic E-state index is 10.5. The van der Waals surface area contributed by atoms with Crippen LogP contribution in [-0.4, -0.2) is 47.4 Å². The van der Waals surface area contributed by atoms with E-state index in [0.29, 0.717) is 0 Å². The van der Waals surface area contributed by atoms with Gasteiger partial charge in [-0.1, -0.05) is 23.8 Å². The van der Waals surface area contributed by atoms with Gasteiger partial charge in [0.1, 0.15) is 11.6 Å². The molecule has 2 heterocycles. The number of aromatic hydroxyl groups is 1. The van der Waals surface area contributed by atoms with Crippen molar-refractivity contribution in [3.63, 3.8) is 0 Å². The third-order valence-electron chi connectivity index (χ3n) is 5.61. The Morgan fingerprint density at radius 2 is 1.77 bits per heavy atom. The molecule has 3 aromatic rings. The fourth-order valence-corrected chi connectivity index (χ4v) is 4.32. The zero-order chi connectivity index (χ0) is 20.9. The highest BCUT2D eigenvalue weighted by atomic mass is 32.2. The molecule has 0 radical (unpaired) electrons. The Hall–Kier alpha value is -2.50. The molecule has 4 rings (SSSR count). The number of benzene rings is 2. The highest BCUT2D eigenvalue weighted by Crippen LogP contribution is 2.33. The van der Waals surface area contributed by atoms with Crippen molar-refractivity contribution in [1.29, 1.82) is 0 Å². The second kappa shape index (κ2) is 9.54. The van der Waals surface area contributed by atoms with Crippen LogP contribution in [0.2, 0.25) is 0 Å². The van der Waals surface area contributed by atoms with Gasteiger partial charge in [-0.2, -0.15) is 0 Å². The molecule has 0 unspecified atom stereocenters. The molecule has 0 atom stereocenters. The Balaban J connectivity index is 1.66. The quantitative estimate of drug-likeness (QED) is 0.484. The van der Waals surface area contributed by atoms with Crippen molar-refractivity contribution >= 4 is 17.6 Å². The number of likely N-dealkylation sites (tertiary alicyclic amines) is 1. The van der Waals surface area contributed by atoms with Gasteiger partial charge in [0.2, 0.25) is 0 Å². The molecule has 1 aromatic heterocycles. The van der Waals surface area contributed by atoms with Crippen LogP contribution in [0.3, 0.4) is 0 Å². The highest BCUT2D eigenvalue weighted by Gasteiger charge is 2.13. The first kappa shape index (κ1) is 20.8. The molecule has 0 bridgehead atoms. The second-order valence-corrected chi connectivity index (χ2v) is 8.73. The van der Waals surface area contributed by atoms with Gasteiger partial charge in [0, 0.05) is 23.5 Å². The first-order valence-electron chi connectivity index (χ1n) is 10.5. The maximum absolute atomic E-state index is 10.5. The van der Waals surface area contributed by atoms with Gasteiger partial charge in [-0.15, -0.1) is 11.8 Å². The van der Waals surface area contributed by atoms with Crippen molar-refractivity contribution < 1.29 is 5.11 Å². The molecule has 1 aliphatic heterocycles. The standard InChI is InChI=1S/C25H29N3OS/c1-18-5-10-24(29)22(15-18)23-16-20(19-6-8-21(30-2)9-7-19)17-25(27-23)26-11-14-28-12-3-4-13-28/h5-10,15-17,29H,3-4,11-14H2,1-2H3,(H,26,27). The molecule has 30 heavy (non-hydrogen) atoms. The van der Waals surface area contributed by atoms with Gasteiger partial charge in [-0.25, -0.2) is 4.98 Å². The monoisotopic (exact) mass is 419 g/mol. The average Bonchev–Trinajstić information content (AvgIpc) is 3.29. The average molecular weight is 420 g/mol. The molecule has 0 saturated carbocycles. The predicted molar refractivity (Wildman–Crippen MR) is 127 cm³/mol. The van der Waals surface area contributed by atoms with Crippen molar-refractivity contribution in [2.45, 2.75) is 24.7 Å². The molecule has 0 amide bonds. The Bertz CT molecular complexity index is 998. The molecule has 0 aliphatic carbocycles. The van der Waals surface area contributed by atoms with Crippen LogP contribution in [0, 0.1) is 6.92 Å². The van der Waals surface area contributed by atoms with Gasteiger partial charge in [0.25, 0.3) is 0 Å². The molecule has 2 aromatic carbocycles. The summed E-state index contributed by atoms with van der Waals surface area (Å²) < 4.78 is 0. The topological polar surface area (TPSA) is 48.4 Å². The summed E-state index contributed by atoms with van der Waals surface area (Å²) in [6, 6.07) is 18.4. The molecule has 0 spiro atoms. The molecule has 1 aliphatic rings. The van der Waals surface area contributed by atoms with Crippen LogP contribution in [0.25, 0.3) is 22.4 Å². The third-order valence-corrected chi connectivity index (χ3v) is 6.35. The normalized spacial score (nSPS) is 14.2. The number of aromatic nitrogens is 1. The Kier molecular flexibility index (Phi) is 6.60. The van der Waals surface area contributed by atoms with E-state index in [1.165, 1.54) is 30.8 Å². The number of hydrogen-bond donors (Lipinski definition) is 2. The van der Waals surface area contributed by atoms with E-state index >= 15 is 0 Å². The zero-order valence-corrected chi connectivity index (χ0v) is 18.5. The molecule has 2 N–H and O–H groups in total. The minimum absolute atomic E-state index is 0.256. The summed E-state index contributed by atoms with van der Waals surface area (Å²) in [6.45, 7) is 6.31. The fraction of sp³-hybridized carbons (Fsp3) is 0.320. The van der Waals surface area contributed by atoms with E-state index in [0.717, 1.165) is 46.9 Å². The number of aryl methyl sites for hydroxylation is 1. The Labute approximate surface area is 183 Å². The Morgan fingerprint density at radius 1 is 1.00 bits per heavy atom. The minimum atomic E-state index is 0.256. The number of hydrogen-bond acceptors (Lipinski definition) is 5. The lowest BCUT2D eigenvalue weighted by Gasteiger charge is -2.16. The van der Waals surface area contributed by atoms with Crippen LogP contribution in [0.15, 0.2) is 59.5 Å². The lowest BCUT2D eigenvalue weighted by Crippen LogP contribution is -2.26. The SMILES string of the molecule is CSc1ccc(-c2cc(NCCN3CCCC3)nc(-c3cc(C)ccc3O)c2)cc1. The van der Waals surface area contributed by atoms with Crippen molar-refractivity contribution in [3.05, 3.63) is 60.2 Å². The summed E-state index contributed by atoms with van der Waals surface area (Å²) in [7, 11) is 0. The van der Waals surface area contributed by atoms with Gasteiger partial charge in [-0.05, 0) is 86.6 Å². The van der Waals surface area contributed by atoms with Crippen molar-refractivity contribution in [2.75, 3.05) is 37.8 Å². The van der Waals surface area contributed by atoms with Gasteiger partial charge >= 0.3 is 0 Å². The molecule has 4 nitrogen and oxygen atoms in total. The van der Waals surface area contributed by atoms with Gasteiger partial charge in [0.15, 0.2) is 0 Å². The van der Waals surface area contributed by atoms with E-state index in [1.807, 2.05) is 19.1 Å². The van der Waals surface area contributed by atoms with Gasteiger partial charge in [-0.3, -0.25) is 0 Å². The number of phenolic OH excluding ortho intramolecular Hbond substituents is 1. The van der Waals surface area contributed by atoms with E-state index in [4.69, 9.17) is 4.98 Å². The number of anilines is 1. The summed E-state index contributed by atoms with van der Waals surface area (Å²) in [5, 5.41) is 14.0. The number of nitrogens with zero attached hydrogens (tertiary/aromatic N) is 2. The fourth-order valence-electron chi connectivity index (χ4n) is 3.91. The molecular formula is C25H29N3OS. The smallest absolute Gasteiger partial charge is 0.127 e. The number of pyridine rings is 1. The van der Waals surface area contributed by atoms with E-state index < -0.39 is 0 Å². The molecule has 156 valence electrons. The lowest BCUT2D eigenvalue weighted by atomic mass is 10.0. The Morgan fingerprint density at radius 3 is 2.50 bits per heavy atom. The second-order valence-electron chi connectivity index (χ2n) is 7.85. The van der Waals surface area contributed by atoms with E-state index in [9.17, 15) is 5.11 Å². The first-order valence-corrected chi connectivity index (χ1v) is 11.8. The zero-order valence-electron chi connectivity index (χ0n) is 17.7. The van der Waals surface area contributed by atoms with Crippen LogP contribution >= 0.6 is 11.8 Å². The summed E-state index contributed by atoms with van der Waals surface area (Å²) in [5.74, 6) is 1.10. The van der Waals surface area contributed by atoms with E-state index in [1.54, 1.807) is 17.8 Å². The van der Waals surface area contributed by atoms with E-state index in [2.05, 4.69) is 52.9 Å². The summed E-state index contributed by atoms with van der Waals surface area (Å²) in [6.07, 6.45) is 4.69. The largest absolute Gasteiger partial charge is 0.507 e. The summed E-state index contributed by atoms with van der Waals surface area (Å²) >= 11 is 1.74. The number of thioether (sulfide) groups is 1. The molecule has 1 fully saturated rings. The third kappa shape index (κ3) is 4.97. The van der Waals surface area contributed by atoms with Crippen molar-refractivity contribution in [1.82, 2.24) is 9.88 Å². The number of rotatable bonds is 7.